The predicted octanol–water partition coefficient (Wildman–Crippen LogP) is 5.68. The lowest BCUT2D eigenvalue weighted by molar-refractivity contribution is 0.239. The lowest BCUT2D eigenvalue weighted by atomic mass is 9.97. The SMILES string of the molecule is CCCCc1cc(-c2ccc(OC(C)C)cc2O)c(O)cc1OC(C)C. The van der Waals surface area contributed by atoms with Crippen molar-refractivity contribution in [2.75, 3.05) is 0 Å². The second-order valence-corrected chi connectivity index (χ2v) is 7.09. The van der Waals surface area contributed by atoms with E-state index in [-0.39, 0.29) is 23.7 Å². The van der Waals surface area contributed by atoms with Crippen LogP contribution < -0.4 is 9.47 Å². The first-order valence-electron chi connectivity index (χ1n) is 9.34. The highest BCUT2D eigenvalue weighted by Gasteiger charge is 2.16. The fourth-order valence-corrected chi connectivity index (χ4v) is 2.84. The van der Waals surface area contributed by atoms with Gasteiger partial charge in [-0.2, -0.15) is 0 Å². The van der Waals surface area contributed by atoms with Crippen LogP contribution in [0.2, 0.25) is 0 Å². The van der Waals surface area contributed by atoms with Gasteiger partial charge < -0.3 is 19.7 Å². The Morgan fingerprint density at radius 3 is 2.08 bits per heavy atom. The third-order valence-electron chi connectivity index (χ3n) is 3.97. The molecule has 2 N–H and O–H groups in total. The zero-order chi connectivity index (χ0) is 19.3. The van der Waals surface area contributed by atoms with Crippen molar-refractivity contribution in [1.82, 2.24) is 0 Å². The molecule has 2 rings (SSSR count). The Kier molecular flexibility index (Phi) is 6.78. The minimum atomic E-state index is 0.0292. The number of aryl methyl sites for hydroxylation is 1. The molecule has 0 unspecified atom stereocenters. The maximum Gasteiger partial charge on any atom is 0.127 e. The Hall–Kier alpha value is -2.36. The van der Waals surface area contributed by atoms with Gasteiger partial charge in [0.15, 0.2) is 0 Å². The average molecular weight is 358 g/mol. The van der Waals surface area contributed by atoms with Crippen LogP contribution in [0.4, 0.5) is 0 Å². The van der Waals surface area contributed by atoms with Crippen molar-refractivity contribution in [1.29, 1.82) is 0 Å². The van der Waals surface area contributed by atoms with Crippen molar-refractivity contribution in [3.8, 4) is 34.1 Å². The molecule has 0 atom stereocenters. The molecule has 0 aromatic heterocycles. The minimum absolute atomic E-state index is 0.0292. The molecule has 0 aliphatic heterocycles. The summed E-state index contributed by atoms with van der Waals surface area (Å²) in [6.45, 7) is 9.94. The largest absolute Gasteiger partial charge is 0.507 e. The van der Waals surface area contributed by atoms with Gasteiger partial charge in [-0.05, 0) is 64.3 Å². The van der Waals surface area contributed by atoms with Crippen LogP contribution in [0.25, 0.3) is 11.1 Å². The maximum absolute atomic E-state index is 10.5. The second kappa shape index (κ2) is 8.84. The summed E-state index contributed by atoms with van der Waals surface area (Å²) in [5.74, 6) is 1.48. The Morgan fingerprint density at radius 2 is 1.50 bits per heavy atom. The number of phenols is 2. The van der Waals surface area contributed by atoms with Crippen LogP contribution in [0.5, 0.6) is 23.0 Å². The second-order valence-electron chi connectivity index (χ2n) is 7.09. The molecule has 4 heteroatoms. The molecule has 2 aromatic rings. The van der Waals surface area contributed by atoms with Gasteiger partial charge in [-0.25, -0.2) is 0 Å². The van der Waals surface area contributed by atoms with E-state index in [1.54, 1.807) is 24.3 Å². The van der Waals surface area contributed by atoms with Crippen LogP contribution in [0.3, 0.4) is 0 Å². The average Bonchev–Trinajstić information content (AvgIpc) is 2.54. The maximum atomic E-state index is 10.5. The molecule has 142 valence electrons. The molecule has 0 fully saturated rings. The van der Waals surface area contributed by atoms with Crippen molar-refractivity contribution < 1.29 is 19.7 Å². The summed E-state index contributed by atoms with van der Waals surface area (Å²) < 4.78 is 11.5. The predicted molar refractivity (Wildman–Crippen MR) is 105 cm³/mol. The summed E-state index contributed by atoms with van der Waals surface area (Å²) in [6.07, 6.45) is 3.03. The number of phenolic OH excluding ortho intramolecular Hbond substituents is 2. The van der Waals surface area contributed by atoms with Gasteiger partial charge in [-0.1, -0.05) is 13.3 Å². The zero-order valence-corrected chi connectivity index (χ0v) is 16.4. The van der Waals surface area contributed by atoms with Crippen molar-refractivity contribution in [3.05, 3.63) is 35.9 Å². The van der Waals surface area contributed by atoms with E-state index in [9.17, 15) is 10.2 Å². The van der Waals surface area contributed by atoms with Gasteiger partial charge in [0.2, 0.25) is 0 Å². The molecule has 0 radical (unpaired) electrons. The van der Waals surface area contributed by atoms with E-state index in [1.165, 1.54) is 0 Å². The smallest absolute Gasteiger partial charge is 0.127 e. The Labute approximate surface area is 156 Å². The van der Waals surface area contributed by atoms with Crippen LogP contribution in [-0.2, 0) is 6.42 Å². The first-order valence-corrected chi connectivity index (χ1v) is 9.34. The number of hydrogen-bond acceptors (Lipinski definition) is 4. The summed E-state index contributed by atoms with van der Waals surface area (Å²) in [6, 6.07) is 8.73. The molecular weight excluding hydrogens is 328 g/mol. The number of hydrogen-bond donors (Lipinski definition) is 2. The van der Waals surface area contributed by atoms with E-state index in [0.717, 1.165) is 24.8 Å². The number of benzene rings is 2. The van der Waals surface area contributed by atoms with Gasteiger partial charge in [-0.3, -0.25) is 0 Å². The first kappa shape index (κ1) is 20.0. The van der Waals surface area contributed by atoms with Gasteiger partial charge in [0.05, 0.1) is 12.2 Å². The number of rotatable bonds is 8. The molecule has 0 aliphatic rings. The molecule has 2 aromatic carbocycles. The summed E-state index contributed by atoms with van der Waals surface area (Å²) in [5.41, 5.74) is 2.21. The van der Waals surface area contributed by atoms with E-state index >= 15 is 0 Å². The summed E-state index contributed by atoms with van der Waals surface area (Å²) in [5, 5.41) is 21.0. The zero-order valence-electron chi connectivity index (χ0n) is 16.4. The third-order valence-corrected chi connectivity index (χ3v) is 3.97. The van der Waals surface area contributed by atoms with Gasteiger partial charge in [0.1, 0.15) is 23.0 Å². The lowest BCUT2D eigenvalue weighted by Crippen LogP contribution is -2.08. The van der Waals surface area contributed by atoms with Crippen LogP contribution in [-0.4, -0.2) is 22.4 Å². The van der Waals surface area contributed by atoms with Gasteiger partial charge in [0.25, 0.3) is 0 Å². The van der Waals surface area contributed by atoms with E-state index in [2.05, 4.69) is 6.92 Å². The molecule has 0 bridgehead atoms. The van der Waals surface area contributed by atoms with E-state index in [0.29, 0.717) is 22.6 Å². The quantitative estimate of drug-likeness (QED) is 0.637. The standard InChI is InChI=1S/C22H30O4/c1-6-7-8-16-11-19(21(24)13-22(16)26-15(4)5)18-10-9-17(12-20(18)23)25-14(2)3/h9-15,23-24H,6-8H2,1-5H3. The summed E-state index contributed by atoms with van der Waals surface area (Å²) >= 11 is 0. The minimum Gasteiger partial charge on any atom is -0.507 e. The Bertz CT molecular complexity index is 735. The van der Waals surface area contributed by atoms with Gasteiger partial charge in [-0.15, -0.1) is 0 Å². The van der Waals surface area contributed by atoms with E-state index in [4.69, 9.17) is 9.47 Å². The Balaban J connectivity index is 2.45. The molecule has 0 aliphatic carbocycles. The van der Waals surface area contributed by atoms with Crippen molar-refractivity contribution >= 4 is 0 Å². The monoisotopic (exact) mass is 358 g/mol. The molecular formula is C22H30O4. The first-order chi connectivity index (χ1) is 12.3. The van der Waals surface area contributed by atoms with Crippen LogP contribution in [0, 0.1) is 0 Å². The molecule has 0 amide bonds. The van der Waals surface area contributed by atoms with Crippen molar-refractivity contribution in [3.63, 3.8) is 0 Å². The summed E-state index contributed by atoms with van der Waals surface area (Å²) in [4.78, 5) is 0. The van der Waals surface area contributed by atoms with Gasteiger partial charge >= 0.3 is 0 Å². The molecule has 0 heterocycles. The molecule has 0 saturated carbocycles. The van der Waals surface area contributed by atoms with E-state index in [1.807, 2.05) is 33.8 Å². The van der Waals surface area contributed by atoms with E-state index < -0.39 is 0 Å². The molecule has 26 heavy (non-hydrogen) atoms. The topological polar surface area (TPSA) is 58.9 Å². The van der Waals surface area contributed by atoms with Crippen molar-refractivity contribution in [2.24, 2.45) is 0 Å². The van der Waals surface area contributed by atoms with Crippen LogP contribution >= 0.6 is 0 Å². The number of aromatic hydroxyl groups is 2. The van der Waals surface area contributed by atoms with Gasteiger partial charge in [0, 0.05) is 23.3 Å². The van der Waals surface area contributed by atoms with Crippen LogP contribution in [0.1, 0.15) is 53.0 Å². The fourth-order valence-electron chi connectivity index (χ4n) is 2.84. The highest BCUT2D eigenvalue weighted by Crippen LogP contribution is 2.41. The lowest BCUT2D eigenvalue weighted by Gasteiger charge is -2.18. The van der Waals surface area contributed by atoms with Crippen molar-refractivity contribution in [2.45, 2.75) is 66.1 Å². The molecule has 0 saturated heterocycles. The Morgan fingerprint density at radius 1 is 0.846 bits per heavy atom. The normalized spacial score (nSPS) is 11.2. The fraction of sp³-hybridized carbons (Fsp3) is 0.455. The highest BCUT2D eigenvalue weighted by atomic mass is 16.5. The number of unbranched alkanes of at least 4 members (excludes halogenated alkanes) is 1. The highest BCUT2D eigenvalue weighted by molar-refractivity contribution is 5.77. The molecule has 4 nitrogen and oxygen atoms in total. The van der Waals surface area contributed by atoms with Crippen LogP contribution in [0.15, 0.2) is 30.3 Å². The molecule has 0 spiro atoms. The number of ether oxygens (including phenoxy) is 2. The third kappa shape index (κ3) is 5.07. The summed E-state index contributed by atoms with van der Waals surface area (Å²) in [7, 11) is 0.